The summed E-state index contributed by atoms with van der Waals surface area (Å²) in [7, 11) is 0. The average Bonchev–Trinajstić information content (AvgIpc) is 3.04. The Balaban J connectivity index is 1.48. The molecule has 104 valence electrons. The molecule has 19 heavy (non-hydrogen) atoms. The van der Waals surface area contributed by atoms with Gasteiger partial charge in [-0.15, -0.1) is 0 Å². The second-order valence-corrected chi connectivity index (χ2v) is 4.56. The van der Waals surface area contributed by atoms with Gasteiger partial charge >= 0.3 is 5.97 Å². The van der Waals surface area contributed by atoms with Crippen molar-refractivity contribution in [1.29, 1.82) is 0 Å². The molecule has 6 heteroatoms. The minimum absolute atomic E-state index is 0.168. The molecule has 0 spiro atoms. The van der Waals surface area contributed by atoms with Crippen LogP contribution >= 0.6 is 0 Å². The molecule has 0 aromatic carbocycles. The Kier molecular flexibility index (Phi) is 4.57. The van der Waals surface area contributed by atoms with E-state index < -0.39 is 11.9 Å². The number of rotatable bonds is 8. The van der Waals surface area contributed by atoms with Gasteiger partial charge in [0.05, 0.1) is 18.1 Å². The summed E-state index contributed by atoms with van der Waals surface area (Å²) < 4.78 is 10.5. The van der Waals surface area contributed by atoms with Crippen LogP contribution in [0.4, 0.5) is 0 Å². The number of hydrogen-bond donors (Lipinski definition) is 2. The summed E-state index contributed by atoms with van der Waals surface area (Å²) in [6.45, 7) is 1.44. The van der Waals surface area contributed by atoms with E-state index in [9.17, 15) is 9.59 Å². The lowest BCUT2D eigenvalue weighted by atomic mass is 10.3. The van der Waals surface area contributed by atoms with Gasteiger partial charge < -0.3 is 19.6 Å². The summed E-state index contributed by atoms with van der Waals surface area (Å²) in [6.07, 6.45) is 2.74. The van der Waals surface area contributed by atoms with E-state index in [-0.39, 0.29) is 11.8 Å². The van der Waals surface area contributed by atoms with Crippen molar-refractivity contribution in [3.63, 3.8) is 0 Å². The van der Waals surface area contributed by atoms with Crippen LogP contribution in [0.15, 0.2) is 22.8 Å². The maximum Gasteiger partial charge on any atom is 0.307 e. The smallest absolute Gasteiger partial charge is 0.307 e. The molecule has 1 aliphatic rings. The fourth-order valence-corrected chi connectivity index (χ4v) is 1.84. The van der Waals surface area contributed by atoms with Crippen LogP contribution in [0, 0.1) is 11.8 Å². The second kappa shape index (κ2) is 6.38. The van der Waals surface area contributed by atoms with E-state index in [1.807, 2.05) is 6.07 Å². The fourth-order valence-electron chi connectivity index (χ4n) is 1.84. The van der Waals surface area contributed by atoms with E-state index in [1.54, 1.807) is 12.3 Å². The van der Waals surface area contributed by atoms with Gasteiger partial charge in [0.2, 0.25) is 5.91 Å². The van der Waals surface area contributed by atoms with Gasteiger partial charge in [-0.2, -0.15) is 0 Å². The van der Waals surface area contributed by atoms with E-state index in [0.717, 1.165) is 5.76 Å². The summed E-state index contributed by atoms with van der Waals surface area (Å²) in [4.78, 5) is 22.1. The first-order chi connectivity index (χ1) is 9.18. The predicted molar refractivity (Wildman–Crippen MR) is 65.2 cm³/mol. The van der Waals surface area contributed by atoms with Crippen LogP contribution < -0.4 is 5.32 Å². The van der Waals surface area contributed by atoms with Gasteiger partial charge in [-0.3, -0.25) is 9.59 Å². The highest BCUT2D eigenvalue weighted by molar-refractivity contribution is 5.89. The lowest BCUT2D eigenvalue weighted by Crippen LogP contribution is -2.28. The molecule has 1 heterocycles. The van der Waals surface area contributed by atoms with Crippen molar-refractivity contribution >= 4 is 11.9 Å². The van der Waals surface area contributed by atoms with Crippen molar-refractivity contribution < 1.29 is 23.8 Å². The molecule has 0 radical (unpaired) electrons. The highest BCUT2D eigenvalue weighted by Crippen LogP contribution is 2.38. The number of amides is 1. The van der Waals surface area contributed by atoms with Crippen LogP contribution in [0.25, 0.3) is 0 Å². The van der Waals surface area contributed by atoms with Crippen molar-refractivity contribution in [2.75, 3.05) is 13.2 Å². The SMILES string of the molecule is O=C(O)[C@H]1C[C@H]1C(=O)NCCCOCc1ccco1. The van der Waals surface area contributed by atoms with Crippen LogP contribution in [-0.4, -0.2) is 30.1 Å². The summed E-state index contributed by atoms with van der Waals surface area (Å²) in [5.41, 5.74) is 0. The Bertz CT molecular complexity index is 428. The molecule has 1 saturated carbocycles. The molecule has 1 aromatic heterocycles. The monoisotopic (exact) mass is 267 g/mol. The molecule has 1 fully saturated rings. The molecule has 0 aliphatic heterocycles. The van der Waals surface area contributed by atoms with Crippen LogP contribution in [0.1, 0.15) is 18.6 Å². The number of carbonyl (C=O) groups is 2. The number of ether oxygens (including phenoxy) is 1. The van der Waals surface area contributed by atoms with Gasteiger partial charge in [0.15, 0.2) is 0 Å². The lowest BCUT2D eigenvalue weighted by molar-refractivity contribution is -0.140. The number of nitrogens with one attached hydrogen (secondary N) is 1. The molecule has 1 aromatic rings. The Morgan fingerprint density at radius 1 is 1.47 bits per heavy atom. The van der Waals surface area contributed by atoms with Crippen LogP contribution in [0.5, 0.6) is 0 Å². The molecule has 2 N–H and O–H groups in total. The first kappa shape index (κ1) is 13.6. The molecule has 2 atom stereocenters. The summed E-state index contributed by atoms with van der Waals surface area (Å²) >= 11 is 0. The Morgan fingerprint density at radius 2 is 2.32 bits per heavy atom. The Hall–Kier alpha value is -1.82. The number of carboxylic acid groups (broad SMARTS) is 1. The number of carbonyl (C=O) groups excluding carboxylic acids is 1. The van der Waals surface area contributed by atoms with Crippen molar-refractivity contribution in [3.05, 3.63) is 24.2 Å². The van der Waals surface area contributed by atoms with Crippen LogP contribution in [0.3, 0.4) is 0 Å². The molecule has 2 rings (SSSR count). The first-order valence-electron chi connectivity index (χ1n) is 6.29. The zero-order valence-corrected chi connectivity index (χ0v) is 10.5. The standard InChI is InChI=1S/C13H17NO5/c15-12(10-7-11(10)13(16)17)14-4-2-5-18-8-9-3-1-6-19-9/h1,3,6,10-11H,2,4-5,7-8H2,(H,14,15)(H,16,17)/t10-,11+/m1/s1. The molecule has 0 unspecified atom stereocenters. The zero-order chi connectivity index (χ0) is 13.7. The predicted octanol–water partition coefficient (Wildman–Crippen LogP) is 1.02. The van der Waals surface area contributed by atoms with E-state index >= 15 is 0 Å². The van der Waals surface area contributed by atoms with Crippen molar-refractivity contribution in [2.45, 2.75) is 19.4 Å². The van der Waals surface area contributed by atoms with Gasteiger partial charge in [0.25, 0.3) is 0 Å². The average molecular weight is 267 g/mol. The van der Waals surface area contributed by atoms with Crippen molar-refractivity contribution in [1.82, 2.24) is 5.32 Å². The molecule has 0 bridgehead atoms. The largest absolute Gasteiger partial charge is 0.481 e. The molecular formula is C13H17NO5. The molecule has 6 nitrogen and oxygen atoms in total. The minimum Gasteiger partial charge on any atom is -0.481 e. The Labute approximate surface area is 110 Å². The van der Waals surface area contributed by atoms with E-state index in [4.69, 9.17) is 14.3 Å². The summed E-state index contributed by atoms with van der Waals surface area (Å²) in [5, 5.41) is 11.4. The van der Waals surface area contributed by atoms with Gasteiger partial charge in [0.1, 0.15) is 12.4 Å². The highest BCUT2D eigenvalue weighted by atomic mass is 16.5. The van der Waals surface area contributed by atoms with E-state index in [1.165, 1.54) is 0 Å². The Morgan fingerprint density at radius 3 is 2.95 bits per heavy atom. The molecule has 1 aliphatic carbocycles. The van der Waals surface area contributed by atoms with Crippen molar-refractivity contribution in [2.24, 2.45) is 11.8 Å². The maximum atomic E-state index is 11.5. The maximum absolute atomic E-state index is 11.5. The first-order valence-corrected chi connectivity index (χ1v) is 6.29. The van der Waals surface area contributed by atoms with Gasteiger partial charge in [-0.05, 0) is 25.0 Å². The third kappa shape index (κ3) is 4.10. The van der Waals surface area contributed by atoms with Gasteiger partial charge in [0, 0.05) is 13.2 Å². The minimum atomic E-state index is -0.887. The number of aliphatic carboxylic acids is 1. The summed E-state index contributed by atoms with van der Waals surface area (Å²) in [5.74, 6) is -1.12. The van der Waals surface area contributed by atoms with E-state index in [2.05, 4.69) is 5.32 Å². The second-order valence-electron chi connectivity index (χ2n) is 4.56. The van der Waals surface area contributed by atoms with Gasteiger partial charge in [-0.1, -0.05) is 0 Å². The lowest BCUT2D eigenvalue weighted by Gasteiger charge is -2.05. The molecule has 0 saturated heterocycles. The summed E-state index contributed by atoms with van der Waals surface area (Å²) in [6, 6.07) is 3.63. The van der Waals surface area contributed by atoms with Crippen LogP contribution in [0.2, 0.25) is 0 Å². The highest BCUT2D eigenvalue weighted by Gasteiger charge is 2.48. The number of carboxylic acids is 1. The van der Waals surface area contributed by atoms with Gasteiger partial charge in [-0.25, -0.2) is 0 Å². The quantitative estimate of drug-likeness (QED) is 0.686. The third-order valence-corrected chi connectivity index (χ3v) is 3.03. The topological polar surface area (TPSA) is 88.8 Å². The van der Waals surface area contributed by atoms with E-state index in [0.29, 0.717) is 32.6 Å². The van der Waals surface area contributed by atoms with Crippen LogP contribution in [-0.2, 0) is 20.9 Å². The zero-order valence-electron chi connectivity index (χ0n) is 10.5. The fraction of sp³-hybridized carbons (Fsp3) is 0.538. The third-order valence-electron chi connectivity index (χ3n) is 3.03. The number of furan rings is 1. The molecule has 1 amide bonds. The van der Waals surface area contributed by atoms with Crippen molar-refractivity contribution in [3.8, 4) is 0 Å². The number of hydrogen-bond acceptors (Lipinski definition) is 4. The normalized spacial score (nSPS) is 21.1. The molecular weight excluding hydrogens is 250 g/mol.